The summed E-state index contributed by atoms with van der Waals surface area (Å²) in [6, 6.07) is 0. The Bertz CT molecular complexity index is 665. The quantitative estimate of drug-likeness (QED) is 0.524. The fraction of sp³-hybridized carbons (Fsp3) is 0.600. The van der Waals surface area contributed by atoms with E-state index in [2.05, 4.69) is 65.1 Å². The van der Waals surface area contributed by atoms with Crippen LogP contribution in [0.25, 0.3) is 0 Å². The molecule has 0 amide bonds. The molecule has 0 bridgehead atoms. The zero-order valence-corrected chi connectivity index (χ0v) is 20.8. The van der Waals surface area contributed by atoms with Crippen molar-refractivity contribution in [3.8, 4) is 0 Å². The summed E-state index contributed by atoms with van der Waals surface area (Å²) in [5, 5.41) is 0. The van der Waals surface area contributed by atoms with Crippen molar-refractivity contribution in [1.29, 1.82) is 0 Å². The zero-order valence-electron chi connectivity index (χ0n) is 15.8. The van der Waals surface area contributed by atoms with Gasteiger partial charge in [-0.05, 0) is 0 Å². The molecule has 0 aromatic rings. The molecule has 3 rings (SSSR count). The van der Waals surface area contributed by atoms with Gasteiger partial charge in [-0.25, -0.2) is 0 Å². The van der Waals surface area contributed by atoms with Crippen molar-refractivity contribution in [2.24, 2.45) is 5.92 Å². The van der Waals surface area contributed by atoms with Crippen molar-refractivity contribution in [1.82, 2.24) is 0 Å². The third-order valence-electron chi connectivity index (χ3n) is 6.41. The minimum atomic E-state index is -1.60. The summed E-state index contributed by atoms with van der Waals surface area (Å²) in [5.74, 6) is 0.896. The van der Waals surface area contributed by atoms with Gasteiger partial charge in [0.25, 0.3) is 0 Å². The van der Waals surface area contributed by atoms with Crippen molar-refractivity contribution >= 4 is 5.43 Å². The van der Waals surface area contributed by atoms with Gasteiger partial charge in [0, 0.05) is 0 Å². The van der Waals surface area contributed by atoms with E-state index in [1.54, 1.807) is 16.7 Å². The van der Waals surface area contributed by atoms with Gasteiger partial charge in [-0.3, -0.25) is 0 Å². The van der Waals surface area contributed by atoms with Crippen molar-refractivity contribution in [3.63, 3.8) is 0 Å². The third-order valence-corrected chi connectivity index (χ3v) is 27.8. The third kappa shape index (κ3) is 3.68. The molecule has 0 aliphatic heterocycles. The van der Waals surface area contributed by atoms with Crippen LogP contribution in [-0.4, -0.2) is 5.43 Å². The van der Waals surface area contributed by atoms with Gasteiger partial charge >= 0.3 is 145 Å². The van der Waals surface area contributed by atoms with Crippen LogP contribution < -0.4 is 24.8 Å². The van der Waals surface area contributed by atoms with Crippen molar-refractivity contribution < 1.29 is 45.2 Å². The first-order valence-corrected chi connectivity index (χ1v) is 17.6. The van der Waals surface area contributed by atoms with Crippen LogP contribution >= 0.6 is 0 Å². The van der Waals surface area contributed by atoms with Crippen LogP contribution in [0.3, 0.4) is 0 Å². The summed E-state index contributed by atoms with van der Waals surface area (Å²) >= 11 is -1.60. The Kier molecular flexibility index (Phi) is 8.08. The molecule has 0 N–H and O–H groups in total. The Balaban J connectivity index is 0.00000144. The second-order valence-corrected chi connectivity index (χ2v) is 26.7. The number of fused-ring (bicyclic) bond motifs is 1. The Morgan fingerprint density at radius 1 is 1.12 bits per heavy atom. The molecule has 1 fully saturated rings. The minimum Gasteiger partial charge on any atom is -1.00 e. The summed E-state index contributed by atoms with van der Waals surface area (Å²) in [4.78, 5) is 0. The maximum absolute atomic E-state index is 2.69. The number of halogens is 2. The van der Waals surface area contributed by atoms with Gasteiger partial charge in [0.1, 0.15) is 0 Å². The van der Waals surface area contributed by atoms with Gasteiger partial charge in [0.2, 0.25) is 0 Å². The molecule has 4 heteroatoms. The first kappa shape index (κ1) is 22.7. The van der Waals surface area contributed by atoms with Gasteiger partial charge in [-0.1, -0.05) is 0 Å². The van der Waals surface area contributed by atoms with Gasteiger partial charge < -0.3 is 24.8 Å². The summed E-state index contributed by atoms with van der Waals surface area (Å²) in [6.45, 7) is 15.0. The van der Waals surface area contributed by atoms with E-state index in [4.69, 9.17) is 0 Å². The minimum absolute atomic E-state index is 0. The average Bonchev–Trinajstić information content (AvgIpc) is 2.96. The van der Waals surface area contributed by atoms with E-state index >= 15 is 0 Å². The average molecular weight is 461 g/mol. The summed E-state index contributed by atoms with van der Waals surface area (Å²) < 4.78 is 1.49. The molecule has 1 saturated carbocycles. The molecule has 24 heavy (non-hydrogen) atoms. The van der Waals surface area contributed by atoms with E-state index in [0.717, 1.165) is 9.54 Å². The van der Waals surface area contributed by atoms with Crippen LogP contribution in [0.2, 0.25) is 19.8 Å². The Morgan fingerprint density at radius 3 is 2.33 bits per heavy atom. The van der Waals surface area contributed by atoms with Crippen molar-refractivity contribution in [3.05, 3.63) is 46.6 Å². The van der Waals surface area contributed by atoms with Crippen molar-refractivity contribution in [2.45, 2.75) is 66.8 Å². The Labute approximate surface area is 169 Å². The number of allylic oxidation sites excluding steroid dienone is 8. The normalized spacial score (nSPS) is 30.5. The second kappa shape index (κ2) is 8.55. The predicted octanol–water partition coefficient (Wildman–Crippen LogP) is 0.423. The first-order valence-electron chi connectivity index (χ1n) is 8.78. The van der Waals surface area contributed by atoms with E-state index in [-0.39, 0.29) is 30.2 Å². The molecule has 3 unspecified atom stereocenters. The molecule has 132 valence electrons. The summed E-state index contributed by atoms with van der Waals surface area (Å²) in [7, 11) is 0. The molecule has 0 aromatic carbocycles. The van der Waals surface area contributed by atoms with E-state index in [0.29, 0.717) is 3.12 Å². The maximum atomic E-state index is 2.69. The van der Waals surface area contributed by atoms with Crippen molar-refractivity contribution in [2.75, 3.05) is 0 Å². The molecule has 3 atom stereocenters. The Hall–Kier alpha value is 0.640. The number of rotatable bonds is 2. The molecule has 0 spiro atoms. The summed E-state index contributed by atoms with van der Waals surface area (Å²) in [5.41, 5.74) is 6.58. The van der Waals surface area contributed by atoms with Gasteiger partial charge in [-0.2, -0.15) is 0 Å². The zero-order chi connectivity index (χ0) is 16.1. The molecular formula is C20H30Cl2SiZr. The molecule has 0 nitrogen and oxygen atoms in total. The second-order valence-electron chi connectivity index (χ2n) is 7.85. The van der Waals surface area contributed by atoms with Crippen LogP contribution in [0.4, 0.5) is 0 Å². The molecule has 3 aliphatic rings. The van der Waals surface area contributed by atoms with E-state index in [1.165, 1.54) is 19.3 Å². The van der Waals surface area contributed by atoms with Gasteiger partial charge in [-0.15, -0.1) is 0 Å². The van der Waals surface area contributed by atoms with Gasteiger partial charge in [0.15, 0.2) is 0 Å². The van der Waals surface area contributed by atoms with Crippen LogP contribution in [0.15, 0.2) is 46.6 Å². The van der Waals surface area contributed by atoms with E-state index in [9.17, 15) is 0 Å². The van der Waals surface area contributed by atoms with Crippen LogP contribution in [-0.2, 0) is 20.4 Å². The SMILES string of the molecule is CC1=C[C](C)([Zr+2]([CH]2CCC3CC=CC=C32)=[Si](C)C)C(C)=C1C.[Cl-].[Cl-]. The largest absolute Gasteiger partial charge is 1.00 e. The number of hydrogen-bond donors (Lipinski definition) is 0. The predicted molar refractivity (Wildman–Crippen MR) is 96.3 cm³/mol. The molecule has 0 saturated heterocycles. The van der Waals surface area contributed by atoms with Crippen LogP contribution in [0, 0.1) is 5.92 Å². The molecule has 0 heterocycles. The fourth-order valence-electron chi connectivity index (χ4n) is 5.07. The molecule has 0 radical (unpaired) electrons. The topological polar surface area (TPSA) is 0 Å². The number of hydrogen-bond acceptors (Lipinski definition) is 0. The standard InChI is InChI=1S/C9H11.C9H13.C2H6Si.2ClH.Zr/c1-2-5-9-7-3-6-8(9)4-1;1-6-5-7(2)9(4)8(6)3;1-3-2;;;/h1-2,4,6,9H,3,5,7H2;5H,1-4H3;1-2H3;2*1H;/q;;;;;+2/p-2. The monoisotopic (exact) mass is 458 g/mol. The van der Waals surface area contributed by atoms with E-state index < -0.39 is 20.4 Å². The van der Waals surface area contributed by atoms with Gasteiger partial charge in [0.05, 0.1) is 0 Å². The Morgan fingerprint density at radius 2 is 1.79 bits per heavy atom. The maximum Gasteiger partial charge on any atom is -1.00 e. The molecular weight excluding hydrogens is 430 g/mol. The summed E-state index contributed by atoms with van der Waals surface area (Å²) in [6.07, 6.45) is 14.2. The molecule has 3 aliphatic carbocycles. The van der Waals surface area contributed by atoms with Crippen LogP contribution in [0.1, 0.15) is 47.0 Å². The molecule has 0 aromatic heterocycles. The van der Waals surface area contributed by atoms with Crippen LogP contribution in [0.5, 0.6) is 0 Å². The fourth-order valence-corrected chi connectivity index (χ4v) is 29.9. The smallest absolute Gasteiger partial charge is 1.00 e. The first-order chi connectivity index (χ1) is 10.4. The van der Waals surface area contributed by atoms with E-state index in [1.807, 2.05) is 5.57 Å².